The molecule has 6 N–H and O–H groups in total. The van der Waals surface area contributed by atoms with Crippen molar-refractivity contribution in [3.8, 4) is 0 Å². The highest BCUT2D eigenvalue weighted by atomic mass is 16.7. The third kappa shape index (κ3) is 45.9. The van der Waals surface area contributed by atoms with E-state index in [4.69, 9.17) is 14.2 Å². The molecule has 0 aromatic heterocycles. The first-order chi connectivity index (χ1) is 39.7. The molecular weight excluding hydrogens is 1010 g/mol. The summed E-state index contributed by atoms with van der Waals surface area (Å²) < 4.78 is 17.6. The second-order valence-corrected chi connectivity index (χ2v) is 24.3. The van der Waals surface area contributed by atoms with Crippen molar-refractivity contribution in [2.75, 3.05) is 13.2 Å². The molecule has 0 aromatic carbocycles. The monoisotopic (exact) mass is 1150 g/mol. The van der Waals surface area contributed by atoms with E-state index in [0.717, 1.165) is 83.5 Å². The van der Waals surface area contributed by atoms with Crippen molar-refractivity contribution in [1.82, 2.24) is 5.32 Å². The Morgan fingerprint density at radius 2 is 0.840 bits per heavy atom. The minimum absolute atomic E-state index is 0.113. The molecule has 1 aliphatic rings. The smallest absolute Gasteiger partial charge is 0.306 e. The Hall–Kier alpha value is -2.12. The Morgan fingerprint density at radius 3 is 1.26 bits per heavy atom. The molecule has 1 amide bonds. The Balaban J connectivity index is 2.53. The van der Waals surface area contributed by atoms with Gasteiger partial charge in [0.15, 0.2) is 12.4 Å². The maximum Gasteiger partial charge on any atom is 0.306 e. The van der Waals surface area contributed by atoms with Crippen molar-refractivity contribution < 1.29 is 49.3 Å². The first kappa shape index (κ1) is 76.9. The molecule has 11 nitrogen and oxygen atoms in total. The van der Waals surface area contributed by atoms with Gasteiger partial charge >= 0.3 is 5.97 Å². The van der Waals surface area contributed by atoms with Crippen LogP contribution in [0, 0.1) is 0 Å². The molecule has 1 aliphatic heterocycles. The van der Waals surface area contributed by atoms with Crippen LogP contribution in [0.3, 0.4) is 0 Å². The van der Waals surface area contributed by atoms with Gasteiger partial charge in [-0.05, 0) is 51.4 Å². The highest BCUT2D eigenvalue weighted by molar-refractivity contribution is 5.80. The van der Waals surface area contributed by atoms with Crippen molar-refractivity contribution in [2.24, 2.45) is 0 Å². The van der Waals surface area contributed by atoms with Gasteiger partial charge in [0.05, 0.1) is 25.4 Å². The summed E-state index contributed by atoms with van der Waals surface area (Å²) in [6.45, 7) is 5.79. The summed E-state index contributed by atoms with van der Waals surface area (Å²) in [6.07, 6.45) is 60.6. The van der Waals surface area contributed by atoms with Crippen LogP contribution in [-0.2, 0) is 23.8 Å². The summed E-state index contributed by atoms with van der Waals surface area (Å²) in [5.74, 6) is -1.19. The second kappa shape index (κ2) is 58.3. The molecule has 0 spiro atoms. The van der Waals surface area contributed by atoms with Gasteiger partial charge < -0.3 is 45.1 Å². The lowest BCUT2D eigenvalue weighted by Crippen LogP contribution is -2.61. The molecule has 8 unspecified atom stereocenters. The van der Waals surface area contributed by atoms with Gasteiger partial charge in [0.1, 0.15) is 24.4 Å². The van der Waals surface area contributed by atoms with Crippen LogP contribution in [0.4, 0.5) is 0 Å². The SMILES string of the molecule is CCCCC/C=C/C=C/CCCCCCCCC(=O)OC1C(OCC(NC(=O)C(O)CCCCCCCCCCCCCCCCCCCCCCCCCCCC)C(O)/C=C/CCCCCCCCCCC)OC(CO)C(O)C1O. The van der Waals surface area contributed by atoms with Crippen LogP contribution in [0.2, 0.25) is 0 Å². The first-order valence-electron chi connectivity index (χ1n) is 34.8. The summed E-state index contributed by atoms with van der Waals surface area (Å²) in [4.78, 5) is 26.6. The molecule has 8 atom stereocenters. The average molecular weight is 1150 g/mol. The normalized spacial score (nSPS) is 18.8. The summed E-state index contributed by atoms with van der Waals surface area (Å²) in [7, 11) is 0. The summed E-state index contributed by atoms with van der Waals surface area (Å²) >= 11 is 0. The molecule has 1 saturated heterocycles. The zero-order chi connectivity index (χ0) is 58.9. The molecule has 1 fully saturated rings. The molecule has 476 valence electrons. The number of aliphatic hydroxyl groups is 5. The van der Waals surface area contributed by atoms with E-state index in [2.05, 4.69) is 50.4 Å². The zero-order valence-corrected chi connectivity index (χ0v) is 52.9. The maximum absolute atomic E-state index is 13.5. The van der Waals surface area contributed by atoms with E-state index in [1.54, 1.807) is 6.08 Å². The van der Waals surface area contributed by atoms with Crippen molar-refractivity contribution in [1.29, 1.82) is 0 Å². The molecule has 0 aliphatic carbocycles. The van der Waals surface area contributed by atoms with Crippen molar-refractivity contribution >= 4 is 11.9 Å². The first-order valence-corrected chi connectivity index (χ1v) is 34.8. The minimum Gasteiger partial charge on any atom is -0.454 e. The van der Waals surface area contributed by atoms with Gasteiger partial charge in [-0.25, -0.2) is 0 Å². The van der Waals surface area contributed by atoms with E-state index < -0.39 is 67.4 Å². The zero-order valence-electron chi connectivity index (χ0n) is 52.9. The fourth-order valence-corrected chi connectivity index (χ4v) is 11.1. The van der Waals surface area contributed by atoms with Crippen LogP contribution in [0.15, 0.2) is 36.5 Å². The number of amides is 1. The minimum atomic E-state index is -1.62. The van der Waals surface area contributed by atoms with Crippen molar-refractivity contribution in [2.45, 2.75) is 384 Å². The molecule has 0 aromatic rings. The number of hydrogen-bond acceptors (Lipinski definition) is 10. The van der Waals surface area contributed by atoms with Gasteiger partial charge in [-0.1, -0.05) is 314 Å². The van der Waals surface area contributed by atoms with E-state index >= 15 is 0 Å². The number of carbonyl (C=O) groups excluding carboxylic acids is 2. The van der Waals surface area contributed by atoms with Gasteiger partial charge in [-0.2, -0.15) is 0 Å². The van der Waals surface area contributed by atoms with Crippen molar-refractivity contribution in [3.63, 3.8) is 0 Å². The molecule has 0 bridgehead atoms. The number of ether oxygens (including phenoxy) is 3. The maximum atomic E-state index is 13.5. The van der Waals surface area contributed by atoms with Crippen LogP contribution in [0.5, 0.6) is 0 Å². The average Bonchev–Trinajstić information content (AvgIpc) is 3.50. The number of esters is 1. The number of carbonyl (C=O) groups is 2. The predicted octanol–water partition coefficient (Wildman–Crippen LogP) is 17.4. The third-order valence-electron chi connectivity index (χ3n) is 16.6. The van der Waals surface area contributed by atoms with Crippen molar-refractivity contribution in [3.05, 3.63) is 36.5 Å². The van der Waals surface area contributed by atoms with Gasteiger partial charge in [-0.3, -0.25) is 9.59 Å². The number of hydrogen-bond donors (Lipinski definition) is 6. The molecule has 81 heavy (non-hydrogen) atoms. The van der Waals surface area contributed by atoms with Crippen LogP contribution < -0.4 is 5.32 Å². The van der Waals surface area contributed by atoms with Gasteiger partial charge in [0, 0.05) is 6.42 Å². The van der Waals surface area contributed by atoms with E-state index in [-0.39, 0.29) is 13.0 Å². The Bertz CT molecular complexity index is 1460. The van der Waals surface area contributed by atoms with E-state index in [1.165, 1.54) is 205 Å². The molecule has 0 saturated carbocycles. The molecule has 1 heterocycles. The third-order valence-corrected chi connectivity index (χ3v) is 16.6. The Kier molecular flexibility index (Phi) is 55.3. The number of aliphatic hydroxyl groups excluding tert-OH is 5. The van der Waals surface area contributed by atoms with Crippen LogP contribution in [-0.4, -0.2) is 99.6 Å². The number of unbranched alkanes of at least 4 members (excludes halogenated alkanes) is 43. The highest BCUT2D eigenvalue weighted by Gasteiger charge is 2.47. The largest absolute Gasteiger partial charge is 0.454 e. The van der Waals surface area contributed by atoms with Gasteiger partial charge in [0.25, 0.3) is 0 Å². The summed E-state index contributed by atoms with van der Waals surface area (Å²) in [6, 6.07) is -1.02. The summed E-state index contributed by atoms with van der Waals surface area (Å²) in [5, 5.41) is 57.1. The van der Waals surface area contributed by atoms with E-state index in [0.29, 0.717) is 19.3 Å². The molecule has 1 rings (SSSR count). The van der Waals surface area contributed by atoms with E-state index in [1.807, 2.05) is 6.08 Å². The number of allylic oxidation sites excluding steroid dienone is 5. The Morgan fingerprint density at radius 1 is 0.481 bits per heavy atom. The topological polar surface area (TPSA) is 175 Å². The Labute approximate surface area is 498 Å². The fraction of sp³-hybridized carbons (Fsp3) is 0.886. The van der Waals surface area contributed by atoms with Gasteiger partial charge in [-0.15, -0.1) is 0 Å². The van der Waals surface area contributed by atoms with Gasteiger partial charge in [0.2, 0.25) is 5.91 Å². The van der Waals surface area contributed by atoms with Crippen LogP contribution in [0.25, 0.3) is 0 Å². The fourth-order valence-electron chi connectivity index (χ4n) is 11.1. The highest BCUT2D eigenvalue weighted by Crippen LogP contribution is 2.26. The molecule has 11 heteroatoms. The van der Waals surface area contributed by atoms with E-state index in [9.17, 15) is 35.1 Å². The quantitative estimate of drug-likeness (QED) is 0.0149. The molecule has 0 radical (unpaired) electrons. The van der Waals surface area contributed by atoms with Crippen LogP contribution >= 0.6 is 0 Å². The lowest BCUT2D eigenvalue weighted by atomic mass is 9.99. The number of nitrogens with one attached hydrogen (secondary N) is 1. The van der Waals surface area contributed by atoms with Crippen LogP contribution in [0.1, 0.15) is 335 Å². The summed E-state index contributed by atoms with van der Waals surface area (Å²) in [5.41, 5.74) is 0. The lowest BCUT2D eigenvalue weighted by Gasteiger charge is -2.41. The standard InChI is InChI=1S/C70H131NO10/c1-4-7-10-13-16-19-22-24-26-27-28-29-30-31-32-33-34-35-36-38-39-42-45-48-51-54-57-63(74)69(78)71-61(62(73)56-53-50-47-44-41-21-18-15-12-9-6-3)60-79-70-68(67(77)66(76)64(59-72)80-70)81-65(75)58-55-52-49-46-43-40-37-25-23-20-17-14-11-8-5-2/h17,20,23,25,53,56,61-64,66-68,70,72-74,76-77H,4-16,18-19,21-22,24,26-52,54-55,57-60H2,1-3H3,(H,71,78)/b20-17+,25-23+,56-53+. The predicted molar refractivity (Wildman–Crippen MR) is 338 cm³/mol. The lowest BCUT2D eigenvalue weighted by molar-refractivity contribution is -0.305. The molecular formula is C70H131NO10. The second-order valence-electron chi connectivity index (χ2n) is 24.3. The number of rotatable bonds is 60.